The topological polar surface area (TPSA) is 78.8 Å². The van der Waals surface area contributed by atoms with Crippen LogP contribution >= 0.6 is 8.20 Å². The molecular formula is C31H41F3NO4PPdS+. The fourth-order valence-electron chi connectivity index (χ4n) is 4.58. The molecule has 0 amide bonds. The monoisotopic (exact) mass is 717 g/mol. The van der Waals surface area contributed by atoms with E-state index in [4.69, 9.17) is 22.7 Å². The molecule has 2 aromatic carbocycles. The van der Waals surface area contributed by atoms with E-state index >= 15 is 0 Å². The quantitative estimate of drug-likeness (QED) is 0.138. The Bertz CT molecular complexity index is 1320. The first kappa shape index (κ1) is 40.4. The van der Waals surface area contributed by atoms with E-state index in [1.54, 1.807) is 0 Å². The van der Waals surface area contributed by atoms with Gasteiger partial charge in [-0.05, 0) is 91.3 Å². The molecule has 0 N–H and O–H groups in total. The number of nitrogens with zero attached hydrogens (tertiary/aromatic N) is 1. The maximum atomic E-state index is 10.7. The van der Waals surface area contributed by atoms with Crippen molar-refractivity contribution >= 4 is 34.8 Å². The molecule has 5 nitrogen and oxygen atoms in total. The molecule has 2 aromatic rings. The van der Waals surface area contributed by atoms with E-state index in [0.29, 0.717) is 5.92 Å². The second-order valence-corrected chi connectivity index (χ2v) is 13.7. The van der Waals surface area contributed by atoms with Gasteiger partial charge in [0.05, 0.1) is 11.5 Å². The SMILES string of the molecule is Cc1cc(C)c(P=C(c2ccccc2)C(C)(C)C2=N[C@@H](C(C)C)C(C)(C)O2)c(C)c1.O=S(=O)([O-])C(F)(F)F.[CH2][CH][CH2].[Pd+2]. The fourth-order valence-corrected chi connectivity index (χ4v) is 5.94. The number of hydrogen-bond donors (Lipinski definition) is 0. The van der Waals surface area contributed by atoms with Gasteiger partial charge >= 0.3 is 25.9 Å². The van der Waals surface area contributed by atoms with Crippen LogP contribution in [0.3, 0.4) is 0 Å². The van der Waals surface area contributed by atoms with Gasteiger partial charge < -0.3 is 9.29 Å². The van der Waals surface area contributed by atoms with Crippen LogP contribution in [0.2, 0.25) is 0 Å². The van der Waals surface area contributed by atoms with Gasteiger partial charge in [0.2, 0.25) is 0 Å². The molecule has 235 valence electrons. The number of alkyl halides is 3. The van der Waals surface area contributed by atoms with E-state index in [2.05, 4.69) is 119 Å². The van der Waals surface area contributed by atoms with Crippen molar-refractivity contribution in [3.05, 3.63) is 85.0 Å². The minimum Gasteiger partial charge on any atom is -0.741 e. The van der Waals surface area contributed by atoms with E-state index in [0.717, 1.165) is 5.90 Å². The Kier molecular flexibility index (Phi) is 15.4. The smallest absolute Gasteiger partial charge is 0.741 e. The summed E-state index contributed by atoms with van der Waals surface area (Å²) in [5.74, 6) is 1.30. The second kappa shape index (κ2) is 16.0. The number of benzene rings is 2. The normalized spacial score (nSPS) is 16.7. The molecule has 1 heterocycles. The van der Waals surface area contributed by atoms with Crippen molar-refractivity contribution < 1.29 is 51.3 Å². The zero-order chi connectivity index (χ0) is 32.0. The van der Waals surface area contributed by atoms with Gasteiger partial charge in [-0.25, -0.2) is 13.4 Å². The number of ether oxygens (including phenoxy) is 1. The summed E-state index contributed by atoms with van der Waals surface area (Å²) in [7, 11) is -4.87. The van der Waals surface area contributed by atoms with Gasteiger partial charge in [0.25, 0.3) is 0 Å². The van der Waals surface area contributed by atoms with Crippen molar-refractivity contribution in [2.45, 2.75) is 79.5 Å². The number of aliphatic imine (C=N–C) groups is 1. The van der Waals surface area contributed by atoms with E-state index in [1.807, 2.05) is 0 Å². The maximum absolute atomic E-state index is 10.7. The minimum atomic E-state index is -6.09. The Morgan fingerprint density at radius 1 is 1.07 bits per heavy atom. The van der Waals surface area contributed by atoms with E-state index in [9.17, 15) is 13.2 Å². The Labute approximate surface area is 266 Å². The van der Waals surface area contributed by atoms with Crippen LogP contribution in [-0.2, 0) is 35.3 Å². The first-order valence-corrected chi connectivity index (χ1v) is 15.3. The standard InChI is InChI=1S/C27H36NOP.C3H5.CHF3O3S.Pd/c1-17(2)23-27(8,9)29-25(28-23)26(6,7)24(21-13-11-10-12-14-21)30-22-19(4)15-18(3)16-20(22)5;1-3-2;2-1(3,4)8(5,6)7;/h10-17,23H,1-9H3;3H,1-2H2;(H,5,6,7);/q;;;+2/p-1/t23-;;;/m0.../s1. The average molecular weight is 718 g/mol. The third kappa shape index (κ3) is 10.9. The average Bonchev–Trinajstić information content (AvgIpc) is 3.15. The molecule has 42 heavy (non-hydrogen) atoms. The molecule has 1 aliphatic heterocycles. The molecule has 0 saturated carbocycles. The molecule has 0 fully saturated rings. The zero-order valence-electron chi connectivity index (χ0n) is 25.6. The number of aryl methyl sites for hydroxylation is 3. The molecule has 3 rings (SSSR count). The Balaban J connectivity index is 0.00000120. The number of halogens is 3. The molecule has 3 radical (unpaired) electrons. The molecule has 0 aromatic heterocycles. The molecule has 11 heteroatoms. The summed E-state index contributed by atoms with van der Waals surface area (Å²) in [5.41, 5.74) is -0.994. The summed E-state index contributed by atoms with van der Waals surface area (Å²) in [6, 6.07) is 15.5. The Morgan fingerprint density at radius 3 is 1.86 bits per heavy atom. The largest absolute Gasteiger partial charge is 2.00 e. The van der Waals surface area contributed by atoms with Crippen molar-refractivity contribution in [1.29, 1.82) is 0 Å². The van der Waals surface area contributed by atoms with Gasteiger partial charge in [-0.15, -0.1) is 0 Å². The summed E-state index contributed by atoms with van der Waals surface area (Å²) >= 11 is 0. The Morgan fingerprint density at radius 2 is 1.50 bits per heavy atom. The van der Waals surface area contributed by atoms with Crippen molar-refractivity contribution in [1.82, 2.24) is 0 Å². The van der Waals surface area contributed by atoms with Gasteiger partial charge in [0.1, 0.15) is 5.60 Å². The summed E-state index contributed by atoms with van der Waals surface area (Å²) in [6.45, 7) is 26.4. The summed E-state index contributed by atoms with van der Waals surface area (Å²) < 4.78 is 65.4. The third-order valence-corrected chi connectivity index (χ3v) is 8.81. The summed E-state index contributed by atoms with van der Waals surface area (Å²) in [4.78, 5) is 5.13. The molecule has 0 saturated heterocycles. The van der Waals surface area contributed by atoms with Gasteiger partial charge in [-0.3, -0.25) is 0 Å². The van der Waals surface area contributed by atoms with Gasteiger partial charge in [-0.1, -0.05) is 70.1 Å². The van der Waals surface area contributed by atoms with Crippen LogP contribution in [0.15, 0.2) is 47.5 Å². The van der Waals surface area contributed by atoms with Crippen molar-refractivity contribution in [2.75, 3.05) is 0 Å². The van der Waals surface area contributed by atoms with Crippen LogP contribution < -0.4 is 5.30 Å². The fraction of sp³-hybridized carbons (Fsp3) is 0.452. The first-order chi connectivity index (χ1) is 18.6. The van der Waals surface area contributed by atoms with Crippen molar-refractivity contribution in [3.63, 3.8) is 0 Å². The number of rotatable bonds is 5. The molecule has 0 unspecified atom stereocenters. The summed E-state index contributed by atoms with van der Waals surface area (Å²) in [6.07, 6.45) is 1.50. The third-order valence-electron chi connectivity index (χ3n) is 6.28. The molecule has 0 bridgehead atoms. The van der Waals surface area contributed by atoms with E-state index in [1.165, 1.54) is 47.5 Å². The van der Waals surface area contributed by atoms with E-state index < -0.39 is 15.6 Å². The van der Waals surface area contributed by atoms with Gasteiger partial charge in [0, 0.05) is 10.6 Å². The second-order valence-electron chi connectivity index (χ2n) is 11.2. The van der Waals surface area contributed by atoms with Gasteiger partial charge in [0.15, 0.2) is 16.0 Å². The molecule has 0 aliphatic carbocycles. The number of hydrogen-bond acceptors (Lipinski definition) is 5. The molecular weight excluding hydrogens is 677 g/mol. The van der Waals surface area contributed by atoms with Crippen molar-refractivity contribution in [3.8, 4) is 0 Å². The maximum Gasteiger partial charge on any atom is 2.00 e. The van der Waals surface area contributed by atoms with Crippen LogP contribution in [0.1, 0.15) is 63.8 Å². The predicted molar refractivity (Wildman–Crippen MR) is 164 cm³/mol. The molecule has 1 atom stereocenters. The van der Waals surface area contributed by atoms with Crippen LogP contribution in [0, 0.1) is 52.4 Å². The minimum absolute atomic E-state index is 0. The van der Waals surface area contributed by atoms with Crippen LogP contribution in [0.25, 0.3) is 0 Å². The zero-order valence-corrected chi connectivity index (χ0v) is 28.8. The summed E-state index contributed by atoms with van der Waals surface area (Å²) in [5, 5.41) is 2.71. The van der Waals surface area contributed by atoms with Crippen molar-refractivity contribution in [2.24, 2.45) is 16.3 Å². The Hall–Kier alpha value is -1.56. The van der Waals surface area contributed by atoms with Gasteiger partial charge in [-0.2, -0.15) is 13.2 Å². The van der Waals surface area contributed by atoms with Crippen LogP contribution in [0.5, 0.6) is 0 Å². The molecule has 0 spiro atoms. The molecule has 1 aliphatic rings. The van der Waals surface area contributed by atoms with Crippen LogP contribution in [0.4, 0.5) is 13.2 Å². The van der Waals surface area contributed by atoms with E-state index in [-0.39, 0.29) is 37.5 Å². The first-order valence-electron chi connectivity index (χ1n) is 13.0. The predicted octanol–water partition coefficient (Wildman–Crippen LogP) is 7.57. The van der Waals surface area contributed by atoms with Crippen LogP contribution in [-0.4, -0.2) is 41.3 Å².